The van der Waals surface area contributed by atoms with Crippen LogP contribution in [0.3, 0.4) is 0 Å². The summed E-state index contributed by atoms with van der Waals surface area (Å²) in [5.74, 6) is 0.878. The molecule has 0 aliphatic rings. The smallest absolute Gasteiger partial charge is 0.292 e. The highest BCUT2D eigenvalue weighted by Crippen LogP contribution is 2.26. The minimum Gasteiger partial charge on any atom is -0.466 e. The number of carbonyl (C=O) groups is 1. The molecule has 1 aromatic heterocycles. The van der Waals surface area contributed by atoms with E-state index in [0.29, 0.717) is 17.1 Å². The van der Waals surface area contributed by atoms with E-state index in [9.17, 15) is 20.0 Å². The maximum Gasteiger partial charge on any atom is 0.292 e. The van der Waals surface area contributed by atoms with Gasteiger partial charge in [-0.1, -0.05) is 12.1 Å². The zero-order chi connectivity index (χ0) is 18.6. The Morgan fingerprint density at radius 2 is 2.04 bits per heavy atom. The Morgan fingerprint density at radius 1 is 1.36 bits per heavy atom. The Morgan fingerprint density at radius 3 is 2.64 bits per heavy atom. The number of nitro benzene ring substituents is 1. The first-order chi connectivity index (χ1) is 11.7. The molecule has 1 amide bonds. The molecule has 1 atom stereocenters. The lowest BCUT2D eigenvalue weighted by Gasteiger charge is -2.23. The average Bonchev–Trinajstić information content (AvgIpc) is 2.90. The maximum atomic E-state index is 12.0. The molecule has 0 fully saturated rings. The number of carbonyl (C=O) groups excluding carboxylic acids is 1. The van der Waals surface area contributed by atoms with Crippen molar-refractivity contribution in [2.75, 3.05) is 18.4 Å². The van der Waals surface area contributed by atoms with Crippen LogP contribution >= 0.6 is 0 Å². The van der Waals surface area contributed by atoms with E-state index >= 15 is 0 Å². The molecule has 2 aromatic rings. The predicted octanol–water partition coefficient (Wildman–Crippen LogP) is 2.24. The molecular weight excluding hydrogens is 326 g/mol. The van der Waals surface area contributed by atoms with Crippen molar-refractivity contribution in [3.8, 4) is 0 Å². The summed E-state index contributed by atoms with van der Waals surface area (Å²) in [5, 5.41) is 26.8. The second kappa shape index (κ2) is 7.35. The molecule has 0 radical (unpaired) electrons. The van der Waals surface area contributed by atoms with Crippen LogP contribution in [0.25, 0.3) is 0 Å². The second-order valence-corrected chi connectivity index (χ2v) is 6.01. The quantitative estimate of drug-likeness (QED) is 0.522. The van der Waals surface area contributed by atoms with Crippen LogP contribution in [-0.2, 0) is 10.4 Å². The molecule has 0 spiro atoms. The van der Waals surface area contributed by atoms with Gasteiger partial charge < -0.3 is 20.2 Å². The van der Waals surface area contributed by atoms with Crippen LogP contribution in [0, 0.1) is 24.0 Å². The first-order valence-corrected chi connectivity index (χ1v) is 7.74. The highest BCUT2D eigenvalue weighted by Gasteiger charge is 2.28. The van der Waals surface area contributed by atoms with Crippen molar-refractivity contribution in [3.63, 3.8) is 0 Å². The molecule has 0 bridgehead atoms. The zero-order valence-electron chi connectivity index (χ0n) is 14.3. The van der Waals surface area contributed by atoms with Crippen LogP contribution in [0.2, 0.25) is 0 Å². The van der Waals surface area contributed by atoms with Gasteiger partial charge in [-0.25, -0.2) is 0 Å². The van der Waals surface area contributed by atoms with Crippen molar-refractivity contribution >= 4 is 17.3 Å². The number of aryl methyl sites for hydroxylation is 2. The Balaban J connectivity index is 1.93. The van der Waals surface area contributed by atoms with Gasteiger partial charge in [0.05, 0.1) is 18.0 Å². The molecule has 1 heterocycles. The van der Waals surface area contributed by atoms with Crippen molar-refractivity contribution in [2.45, 2.75) is 26.4 Å². The van der Waals surface area contributed by atoms with Crippen LogP contribution in [0.1, 0.15) is 24.0 Å². The third-order valence-electron chi connectivity index (χ3n) is 3.79. The molecule has 3 N–H and O–H groups in total. The van der Waals surface area contributed by atoms with Crippen LogP contribution in [0.4, 0.5) is 11.4 Å². The number of hydrogen-bond acceptors (Lipinski definition) is 6. The van der Waals surface area contributed by atoms with Gasteiger partial charge in [-0.05, 0) is 32.9 Å². The van der Waals surface area contributed by atoms with E-state index < -0.39 is 16.4 Å². The number of nitrogens with zero attached hydrogens (tertiary/aromatic N) is 1. The van der Waals surface area contributed by atoms with Gasteiger partial charge in [0.1, 0.15) is 22.8 Å². The summed E-state index contributed by atoms with van der Waals surface area (Å²) < 4.78 is 5.40. The van der Waals surface area contributed by atoms with Crippen LogP contribution in [-0.4, -0.2) is 29.0 Å². The molecular formula is C17H21N3O5. The normalized spacial score (nSPS) is 13.1. The summed E-state index contributed by atoms with van der Waals surface area (Å²) in [6.07, 6.45) is 0. The molecule has 0 saturated carbocycles. The highest BCUT2D eigenvalue weighted by molar-refractivity contribution is 5.81. The van der Waals surface area contributed by atoms with E-state index in [1.807, 2.05) is 0 Å². The lowest BCUT2D eigenvalue weighted by atomic mass is 9.96. The van der Waals surface area contributed by atoms with Gasteiger partial charge in [0, 0.05) is 11.6 Å². The van der Waals surface area contributed by atoms with Crippen molar-refractivity contribution < 1.29 is 19.2 Å². The number of rotatable bonds is 7. The number of nitrogens with one attached hydrogen (secondary N) is 2. The topological polar surface area (TPSA) is 118 Å². The average molecular weight is 347 g/mol. The number of nitro groups is 1. The fourth-order valence-electron chi connectivity index (χ4n) is 2.55. The van der Waals surface area contributed by atoms with Gasteiger partial charge >= 0.3 is 0 Å². The van der Waals surface area contributed by atoms with Crippen LogP contribution < -0.4 is 10.6 Å². The summed E-state index contributed by atoms with van der Waals surface area (Å²) in [4.78, 5) is 22.4. The largest absolute Gasteiger partial charge is 0.466 e. The van der Waals surface area contributed by atoms with Crippen molar-refractivity contribution in [2.24, 2.45) is 0 Å². The first kappa shape index (κ1) is 18.5. The molecule has 1 aromatic carbocycles. The van der Waals surface area contributed by atoms with Crippen molar-refractivity contribution in [1.29, 1.82) is 0 Å². The number of benzene rings is 1. The standard InChI is InChI=1S/C17H21N3O5/c1-11-8-13(12(2)25-11)17(3,22)10-19-16(21)9-18-14-6-4-5-7-15(14)20(23)24/h4-8,18,22H,9-10H2,1-3H3,(H,19,21). The van der Waals surface area contributed by atoms with Crippen LogP contribution in [0.5, 0.6) is 0 Å². The molecule has 25 heavy (non-hydrogen) atoms. The van der Waals surface area contributed by atoms with Gasteiger partial charge in [0.15, 0.2) is 0 Å². The molecule has 134 valence electrons. The summed E-state index contributed by atoms with van der Waals surface area (Å²) >= 11 is 0. The fraction of sp³-hybridized carbons (Fsp3) is 0.353. The molecule has 0 saturated heterocycles. The minimum atomic E-state index is -1.28. The zero-order valence-corrected chi connectivity index (χ0v) is 14.3. The monoisotopic (exact) mass is 347 g/mol. The highest BCUT2D eigenvalue weighted by atomic mass is 16.6. The van der Waals surface area contributed by atoms with Gasteiger partial charge in [-0.2, -0.15) is 0 Å². The molecule has 2 rings (SSSR count). The third kappa shape index (κ3) is 4.57. The van der Waals surface area contributed by atoms with Gasteiger partial charge in [0.2, 0.25) is 5.91 Å². The Labute approximate surface area is 145 Å². The van der Waals surface area contributed by atoms with Gasteiger partial charge in [-0.3, -0.25) is 14.9 Å². The SMILES string of the molecule is Cc1cc(C(C)(O)CNC(=O)CNc2ccccc2[N+](=O)[O-])c(C)o1. The molecule has 0 aliphatic carbocycles. The predicted molar refractivity (Wildman–Crippen MR) is 92.3 cm³/mol. The second-order valence-electron chi connectivity index (χ2n) is 6.01. The first-order valence-electron chi connectivity index (χ1n) is 7.74. The van der Waals surface area contributed by atoms with E-state index in [1.165, 1.54) is 12.1 Å². The van der Waals surface area contributed by atoms with E-state index in [-0.39, 0.29) is 24.5 Å². The number of aliphatic hydroxyl groups is 1. The number of para-hydroxylation sites is 2. The summed E-state index contributed by atoms with van der Waals surface area (Å²) in [5.41, 5.74) is -0.518. The summed E-state index contributed by atoms with van der Waals surface area (Å²) in [6, 6.07) is 7.80. The Bertz CT molecular complexity index is 782. The molecule has 8 nitrogen and oxygen atoms in total. The fourth-order valence-corrected chi connectivity index (χ4v) is 2.55. The summed E-state index contributed by atoms with van der Waals surface area (Å²) in [6.45, 7) is 4.95. The van der Waals surface area contributed by atoms with Gasteiger partial charge in [0.25, 0.3) is 5.69 Å². The number of amides is 1. The lowest BCUT2D eigenvalue weighted by Crippen LogP contribution is -2.41. The van der Waals surface area contributed by atoms with Gasteiger partial charge in [-0.15, -0.1) is 0 Å². The van der Waals surface area contributed by atoms with E-state index in [1.54, 1.807) is 39.0 Å². The molecule has 0 aliphatic heterocycles. The summed E-state index contributed by atoms with van der Waals surface area (Å²) in [7, 11) is 0. The number of anilines is 1. The van der Waals surface area contributed by atoms with E-state index in [2.05, 4.69) is 10.6 Å². The maximum absolute atomic E-state index is 12.0. The minimum absolute atomic E-state index is 0.00971. The molecule has 1 unspecified atom stereocenters. The number of furan rings is 1. The number of hydrogen-bond donors (Lipinski definition) is 3. The Hall–Kier alpha value is -2.87. The van der Waals surface area contributed by atoms with Crippen molar-refractivity contribution in [3.05, 3.63) is 57.5 Å². The molecule has 8 heteroatoms. The lowest BCUT2D eigenvalue weighted by molar-refractivity contribution is -0.383. The van der Waals surface area contributed by atoms with E-state index in [4.69, 9.17) is 4.42 Å². The van der Waals surface area contributed by atoms with Crippen LogP contribution in [0.15, 0.2) is 34.7 Å². The third-order valence-corrected chi connectivity index (χ3v) is 3.79. The Kier molecular flexibility index (Phi) is 5.43. The van der Waals surface area contributed by atoms with E-state index in [0.717, 1.165) is 0 Å². The van der Waals surface area contributed by atoms with Crippen molar-refractivity contribution in [1.82, 2.24) is 5.32 Å².